The minimum absolute atomic E-state index is 0.461. The molecular weight excluding hydrogens is 226 g/mol. The maximum atomic E-state index is 5.79. The van der Waals surface area contributed by atoms with Crippen LogP contribution in [0.2, 0.25) is 0 Å². The third-order valence-electron chi connectivity index (χ3n) is 2.43. The lowest BCUT2D eigenvalue weighted by molar-refractivity contribution is 0.294. The Hall–Kier alpha value is -0.180. The van der Waals surface area contributed by atoms with Gasteiger partial charge in [-0.05, 0) is 26.1 Å². The van der Waals surface area contributed by atoms with E-state index in [1.54, 1.807) is 0 Å². The molecule has 0 aromatic heterocycles. The summed E-state index contributed by atoms with van der Waals surface area (Å²) in [7, 11) is 2.12. The molecule has 1 unspecified atom stereocenters. The predicted octanol–water partition coefficient (Wildman–Crippen LogP) is 3.34. The van der Waals surface area contributed by atoms with Crippen molar-refractivity contribution in [1.29, 1.82) is 0 Å². The summed E-state index contributed by atoms with van der Waals surface area (Å²) in [5.74, 6) is 1.81. The molecule has 15 heavy (non-hydrogen) atoms. The van der Waals surface area contributed by atoms with E-state index < -0.39 is 0 Å². The molecule has 0 N–H and O–H groups in total. The van der Waals surface area contributed by atoms with Crippen molar-refractivity contribution in [1.82, 2.24) is 4.90 Å². The summed E-state index contributed by atoms with van der Waals surface area (Å²) in [6, 6.07) is 11.0. The van der Waals surface area contributed by atoms with E-state index in [9.17, 15) is 0 Å². The van der Waals surface area contributed by atoms with Gasteiger partial charge < -0.3 is 4.90 Å². The number of rotatable bonds is 6. The first-order chi connectivity index (χ1) is 7.24. The summed E-state index contributed by atoms with van der Waals surface area (Å²) in [5, 5.41) is 0. The Labute approximate surface area is 102 Å². The Morgan fingerprint density at radius 1 is 1.33 bits per heavy atom. The molecule has 0 saturated heterocycles. The first kappa shape index (κ1) is 12.9. The van der Waals surface area contributed by atoms with Gasteiger partial charge in [-0.1, -0.05) is 18.2 Å². The fraction of sp³-hybridized carbons (Fsp3) is 0.500. The van der Waals surface area contributed by atoms with Crippen LogP contribution in [-0.4, -0.2) is 36.2 Å². The van der Waals surface area contributed by atoms with Gasteiger partial charge in [-0.3, -0.25) is 0 Å². The summed E-state index contributed by atoms with van der Waals surface area (Å²) in [6.07, 6.45) is 0. The number of halogens is 1. The third-order valence-corrected chi connectivity index (χ3v) is 3.87. The average Bonchev–Trinajstić information content (AvgIpc) is 2.29. The van der Waals surface area contributed by atoms with Gasteiger partial charge in [-0.15, -0.1) is 23.4 Å². The first-order valence-electron chi connectivity index (χ1n) is 5.18. The summed E-state index contributed by atoms with van der Waals surface area (Å²) >= 11 is 7.69. The third kappa shape index (κ3) is 4.92. The Balaban J connectivity index is 2.22. The van der Waals surface area contributed by atoms with Gasteiger partial charge in [0.2, 0.25) is 0 Å². The lowest BCUT2D eigenvalue weighted by atomic mass is 10.3. The Morgan fingerprint density at radius 2 is 2.00 bits per heavy atom. The van der Waals surface area contributed by atoms with Crippen molar-refractivity contribution < 1.29 is 0 Å². The van der Waals surface area contributed by atoms with Crippen molar-refractivity contribution >= 4 is 23.4 Å². The van der Waals surface area contributed by atoms with Crippen molar-refractivity contribution in [2.45, 2.75) is 17.9 Å². The zero-order valence-corrected chi connectivity index (χ0v) is 10.9. The van der Waals surface area contributed by atoms with E-state index >= 15 is 0 Å². The number of nitrogens with zero attached hydrogens (tertiary/aromatic N) is 1. The van der Waals surface area contributed by atoms with Crippen molar-refractivity contribution in [3.05, 3.63) is 30.3 Å². The highest BCUT2D eigenvalue weighted by atomic mass is 35.5. The van der Waals surface area contributed by atoms with Crippen LogP contribution in [0, 0.1) is 0 Å². The second kappa shape index (κ2) is 7.15. The summed E-state index contributed by atoms with van der Waals surface area (Å²) < 4.78 is 0. The monoisotopic (exact) mass is 243 g/mol. The zero-order chi connectivity index (χ0) is 11.1. The lowest BCUT2D eigenvalue weighted by Crippen LogP contribution is -2.32. The number of alkyl halides is 1. The van der Waals surface area contributed by atoms with E-state index in [1.165, 1.54) is 4.90 Å². The van der Waals surface area contributed by atoms with Gasteiger partial charge in [0.15, 0.2) is 0 Å². The molecule has 0 radical (unpaired) electrons. The van der Waals surface area contributed by atoms with Crippen LogP contribution in [0.25, 0.3) is 0 Å². The number of hydrogen-bond acceptors (Lipinski definition) is 2. The van der Waals surface area contributed by atoms with E-state index in [2.05, 4.69) is 43.1 Å². The van der Waals surface area contributed by atoms with Crippen LogP contribution < -0.4 is 0 Å². The molecule has 3 heteroatoms. The highest BCUT2D eigenvalue weighted by molar-refractivity contribution is 7.99. The smallest absolute Gasteiger partial charge is 0.0376 e. The van der Waals surface area contributed by atoms with E-state index in [4.69, 9.17) is 11.6 Å². The normalized spacial score (nSPS) is 13.1. The molecule has 1 aromatic rings. The van der Waals surface area contributed by atoms with Crippen molar-refractivity contribution in [2.75, 3.05) is 25.2 Å². The van der Waals surface area contributed by atoms with Gasteiger partial charge in [0, 0.05) is 29.1 Å². The van der Waals surface area contributed by atoms with Gasteiger partial charge in [0.05, 0.1) is 0 Å². The SMILES string of the molecule is CC(CCl)N(C)CCSc1ccccc1. The quantitative estimate of drug-likeness (QED) is 0.557. The fourth-order valence-electron chi connectivity index (χ4n) is 1.16. The van der Waals surface area contributed by atoms with Gasteiger partial charge >= 0.3 is 0 Å². The number of benzene rings is 1. The van der Waals surface area contributed by atoms with Crippen LogP contribution >= 0.6 is 23.4 Å². The van der Waals surface area contributed by atoms with Crippen LogP contribution in [0.4, 0.5) is 0 Å². The molecule has 1 aromatic carbocycles. The Morgan fingerprint density at radius 3 is 2.60 bits per heavy atom. The molecule has 1 rings (SSSR count). The Bertz CT molecular complexity index is 266. The van der Waals surface area contributed by atoms with Crippen LogP contribution in [0.5, 0.6) is 0 Å². The Kier molecular flexibility index (Phi) is 6.15. The van der Waals surface area contributed by atoms with Crippen molar-refractivity contribution in [2.24, 2.45) is 0 Å². The van der Waals surface area contributed by atoms with Gasteiger partial charge in [-0.25, -0.2) is 0 Å². The highest BCUT2D eigenvalue weighted by Gasteiger charge is 2.06. The maximum absolute atomic E-state index is 5.79. The van der Waals surface area contributed by atoms with E-state index in [0.717, 1.165) is 12.3 Å². The van der Waals surface area contributed by atoms with E-state index in [-0.39, 0.29) is 0 Å². The van der Waals surface area contributed by atoms with E-state index in [1.807, 2.05) is 17.8 Å². The first-order valence-corrected chi connectivity index (χ1v) is 6.70. The molecular formula is C12H18ClNS. The van der Waals surface area contributed by atoms with E-state index in [0.29, 0.717) is 11.9 Å². The molecule has 0 saturated carbocycles. The molecule has 0 spiro atoms. The average molecular weight is 244 g/mol. The molecule has 0 aliphatic rings. The molecule has 0 heterocycles. The maximum Gasteiger partial charge on any atom is 0.0376 e. The van der Waals surface area contributed by atoms with Gasteiger partial charge in [0.1, 0.15) is 0 Å². The predicted molar refractivity (Wildman–Crippen MR) is 70.0 cm³/mol. The molecule has 0 aliphatic heterocycles. The molecule has 0 amide bonds. The summed E-state index contributed by atoms with van der Waals surface area (Å²) in [6.45, 7) is 3.23. The topological polar surface area (TPSA) is 3.24 Å². The second-order valence-electron chi connectivity index (χ2n) is 3.65. The highest BCUT2D eigenvalue weighted by Crippen LogP contribution is 2.16. The van der Waals surface area contributed by atoms with Crippen LogP contribution in [-0.2, 0) is 0 Å². The molecule has 0 aliphatic carbocycles. The standard InChI is InChI=1S/C12H18ClNS/c1-11(10-13)14(2)8-9-15-12-6-4-3-5-7-12/h3-7,11H,8-10H2,1-2H3. The van der Waals surface area contributed by atoms with Crippen molar-refractivity contribution in [3.8, 4) is 0 Å². The summed E-state index contributed by atoms with van der Waals surface area (Å²) in [4.78, 5) is 3.63. The molecule has 0 bridgehead atoms. The van der Waals surface area contributed by atoms with Gasteiger partial charge in [-0.2, -0.15) is 0 Å². The second-order valence-corrected chi connectivity index (χ2v) is 5.12. The number of hydrogen-bond donors (Lipinski definition) is 0. The minimum Gasteiger partial charge on any atom is -0.302 e. The van der Waals surface area contributed by atoms with Crippen molar-refractivity contribution in [3.63, 3.8) is 0 Å². The molecule has 84 valence electrons. The molecule has 1 nitrogen and oxygen atoms in total. The zero-order valence-electron chi connectivity index (χ0n) is 9.32. The largest absolute Gasteiger partial charge is 0.302 e. The van der Waals surface area contributed by atoms with Crippen LogP contribution in [0.1, 0.15) is 6.92 Å². The fourth-order valence-corrected chi connectivity index (χ4v) is 2.36. The van der Waals surface area contributed by atoms with Crippen LogP contribution in [0.3, 0.4) is 0 Å². The lowest BCUT2D eigenvalue weighted by Gasteiger charge is -2.22. The molecule has 0 fully saturated rings. The van der Waals surface area contributed by atoms with Gasteiger partial charge in [0.25, 0.3) is 0 Å². The minimum atomic E-state index is 0.461. The van der Waals surface area contributed by atoms with Crippen LogP contribution in [0.15, 0.2) is 35.2 Å². The molecule has 1 atom stereocenters. The summed E-state index contributed by atoms with van der Waals surface area (Å²) in [5.41, 5.74) is 0. The number of thioether (sulfide) groups is 1.